The third-order valence-corrected chi connectivity index (χ3v) is 3.25. The van der Waals surface area contributed by atoms with Gasteiger partial charge in [-0.2, -0.15) is 10.2 Å². The zero-order valence-electron chi connectivity index (χ0n) is 12.6. The normalized spacial score (nSPS) is 17.9. The molecule has 5 heteroatoms. The number of rotatable bonds is 2. The number of hydrazone groups is 1. The Kier molecular flexibility index (Phi) is 3.94. The van der Waals surface area contributed by atoms with Crippen molar-refractivity contribution in [2.75, 3.05) is 26.3 Å². The van der Waals surface area contributed by atoms with E-state index in [0.717, 1.165) is 43.3 Å². The number of aromatic nitrogens is 2. The van der Waals surface area contributed by atoms with E-state index in [1.165, 1.54) is 0 Å². The maximum atomic E-state index is 5.33. The van der Waals surface area contributed by atoms with Gasteiger partial charge < -0.3 is 4.74 Å². The molecule has 2 heterocycles. The van der Waals surface area contributed by atoms with Crippen molar-refractivity contribution in [1.29, 1.82) is 0 Å². The summed E-state index contributed by atoms with van der Waals surface area (Å²) in [4.78, 5) is 0. The van der Waals surface area contributed by atoms with Crippen molar-refractivity contribution in [2.45, 2.75) is 40.2 Å². The van der Waals surface area contributed by atoms with E-state index in [9.17, 15) is 0 Å². The molecule has 5 nitrogen and oxygen atoms in total. The van der Waals surface area contributed by atoms with Crippen molar-refractivity contribution in [1.82, 2.24) is 14.8 Å². The maximum absolute atomic E-state index is 5.33. The van der Waals surface area contributed by atoms with Gasteiger partial charge in [-0.3, -0.25) is 9.69 Å². The molecule has 0 spiro atoms. The SMILES string of the molecule is CC(=NN1CCOCC1)c1cn(C(C)(C)C)nc1C. The summed E-state index contributed by atoms with van der Waals surface area (Å²) in [5.74, 6) is 0. The second-order valence-corrected chi connectivity index (χ2v) is 6.00. The number of nitrogens with zero attached hydrogens (tertiary/aromatic N) is 4. The van der Waals surface area contributed by atoms with Crippen LogP contribution in [0.2, 0.25) is 0 Å². The minimum atomic E-state index is 0.00224. The Morgan fingerprint density at radius 3 is 2.47 bits per heavy atom. The van der Waals surface area contributed by atoms with Crippen LogP contribution in [0.1, 0.15) is 39.0 Å². The molecule has 1 fully saturated rings. The van der Waals surface area contributed by atoms with Gasteiger partial charge in [0.1, 0.15) is 0 Å². The van der Waals surface area contributed by atoms with Crippen LogP contribution in [0.5, 0.6) is 0 Å². The third kappa shape index (κ3) is 3.35. The number of hydrogen-bond acceptors (Lipinski definition) is 4. The molecule has 0 radical (unpaired) electrons. The van der Waals surface area contributed by atoms with Crippen molar-refractivity contribution in [3.05, 3.63) is 17.5 Å². The van der Waals surface area contributed by atoms with Crippen LogP contribution in [0, 0.1) is 6.92 Å². The molecule has 0 amide bonds. The van der Waals surface area contributed by atoms with Crippen LogP contribution in [-0.4, -0.2) is 46.8 Å². The van der Waals surface area contributed by atoms with Crippen LogP contribution in [0.4, 0.5) is 0 Å². The molecule has 0 aromatic carbocycles. The predicted molar refractivity (Wildman–Crippen MR) is 76.6 cm³/mol. The highest BCUT2D eigenvalue weighted by Crippen LogP contribution is 2.17. The number of ether oxygens (including phenoxy) is 1. The van der Waals surface area contributed by atoms with E-state index >= 15 is 0 Å². The first-order valence-corrected chi connectivity index (χ1v) is 6.83. The molecular formula is C14H24N4O. The van der Waals surface area contributed by atoms with Gasteiger partial charge in [0.25, 0.3) is 0 Å². The molecule has 1 aliphatic heterocycles. The fourth-order valence-electron chi connectivity index (χ4n) is 2.08. The lowest BCUT2D eigenvalue weighted by molar-refractivity contribution is 0.0393. The molecule has 0 saturated carbocycles. The molecular weight excluding hydrogens is 240 g/mol. The Bertz CT molecular complexity index is 464. The van der Waals surface area contributed by atoms with Crippen LogP contribution in [0.15, 0.2) is 11.3 Å². The Labute approximate surface area is 115 Å². The van der Waals surface area contributed by atoms with Gasteiger partial charge in [0.15, 0.2) is 0 Å². The van der Waals surface area contributed by atoms with Crippen LogP contribution in [0.3, 0.4) is 0 Å². The highest BCUT2D eigenvalue weighted by Gasteiger charge is 2.18. The zero-order valence-corrected chi connectivity index (χ0v) is 12.6. The molecule has 1 aromatic rings. The molecule has 1 aliphatic rings. The Morgan fingerprint density at radius 1 is 1.32 bits per heavy atom. The van der Waals surface area contributed by atoms with E-state index in [4.69, 9.17) is 4.74 Å². The molecule has 19 heavy (non-hydrogen) atoms. The molecule has 106 valence electrons. The predicted octanol–water partition coefficient (Wildman–Crippen LogP) is 2.00. The minimum absolute atomic E-state index is 0.00224. The fourth-order valence-corrected chi connectivity index (χ4v) is 2.08. The lowest BCUT2D eigenvalue weighted by Gasteiger charge is -2.24. The highest BCUT2D eigenvalue weighted by atomic mass is 16.5. The number of hydrogen-bond donors (Lipinski definition) is 0. The van der Waals surface area contributed by atoms with Crippen LogP contribution in [0.25, 0.3) is 0 Å². The monoisotopic (exact) mass is 264 g/mol. The van der Waals surface area contributed by atoms with Gasteiger partial charge in [0, 0.05) is 11.8 Å². The summed E-state index contributed by atoms with van der Waals surface area (Å²) >= 11 is 0. The first-order chi connectivity index (χ1) is 8.88. The highest BCUT2D eigenvalue weighted by molar-refractivity contribution is 5.99. The fraction of sp³-hybridized carbons (Fsp3) is 0.714. The van der Waals surface area contributed by atoms with Gasteiger partial charge in [-0.25, -0.2) is 0 Å². The first-order valence-electron chi connectivity index (χ1n) is 6.83. The molecule has 0 N–H and O–H groups in total. The van der Waals surface area contributed by atoms with Crippen LogP contribution >= 0.6 is 0 Å². The average molecular weight is 264 g/mol. The first kappa shape index (κ1) is 14.1. The van der Waals surface area contributed by atoms with Crippen molar-refractivity contribution < 1.29 is 4.74 Å². The maximum Gasteiger partial charge on any atom is 0.0685 e. The lowest BCUT2D eigenvalue weighted by atomic mass is 10.1. The Hall–Kier alpha value is -1.36. The summed E-state index contributed by atoms with van der Waals surface area (Å²) < 4.78 is 7.34. The summed E-state index contributed by atoms with van der Waals surface area (Å²) in [5.41, 5.74) is 3.18. The third-order valence-electron chi connectivity index (χ3n) is 3.25. The zero-order chi connectivity index (χ0) is 14.0. The van der Waals surface area contributed by atoms with E-state index < -0.39 is 0 Å². The molecule has 1 saturated heterocycles. The van der Waals surface area contributed by atoms with E-state index in [0.29, 0.717) is 0 Å². The molecule has 0 unspecified atom stereocenters. The summed E-state index contributed by atoms with van der Waals surface area (Å²) in [6, 6.07) is 0. The molecule has 2 rings (SSSR count). The van der Waals surface area contributed by atoms with Gasteiger partial charge in [-0.05, 0) is 34.6 Å². The standard InChI is InChI=1S/C14H24N4O/c1-11(15-17-6-8-19-9-7-17)13-10-18(14(3,4)5)16-12(13)2/h10H,6-9H2,1-5H3. The largest absolute Gasteiger partial charge is 0.378 e. The summed E-state index contributed by atoms with van der Waals surface area (Å²) in [7, 11) is 0. The summed E-state index contributed by atoms with van der Waals surface area (Å²) in [5, 5.41) is 11.3. The van der Waals surface area contributed by atoms with Gasteiger partial charge in [-0.15, -0.1) is 0 Å². The second-order valence-electron chi connectivity index (χ2n) is 6.00. The van der Waals surface area contributed by atoms with Crippen molar-refractivity contribution in [3.8, 4) is 0 Å². The van der Waals surface area contributed by atoms with Crippen molar-refractivity contribution >= 4 is 5.71 Å². The lowest BCUT2D eigenvalue weighted by Crippen LogP contribution is -2.33. The Balaban J connectivity index is 2.21. The topological polar surface area (TPSA) is 42.6 Å². The van der Waals surface area contributed by atoms with Gasteiger partial charge in [0.2, 0.25) is 0 Å². The number of aryl methyl sites for hydroxylation is 1. The molecule has 0 atom stereocenters. The van der Waals surface area contributed by atoms with Crippen molar-refractivity contribution in [2.24, 2.45) is 5.10 Å². The van der Waals surface area contributed by atoms with Crippen LogP contribution in [-0.2, 0) is 10.3 Å². The van der Waals surface area contributed by atoms with Gasteiger partial charge in [0.05, 0.1) is 43.2 Å². The van der Waals surface area contributed by atoms with E-state index in [1.807, 2.05) is 18.5 Å². The smallest absolute Gasteiger partial charge is 0.0685 e. The minimum Gasteiger partial charge on any atom is -0.378 e. The van der Waals surface area contributed by atoms with E-state index in [2.05, 4.69) is 42.2 Å². The van der Waals surface area contributed by atoms with Gasteiger partial charge in [-0.1, -0.05) is 0 Å². The molecule has 1 aromatic heterocycles. The van der Waals surface area contributed by atoms with E-state index in [1.54, 1.807) is 0 Å². The second kappa shape index (κ2) is 5.33. The van der Waals surface area contributed by atoms with Crippen LogP contribution < -0.4 is 0 Å². The summed E-state index contributed by atoms with van der Waals surface area (Å²) in [6.07, 6.45) is 2.09. The molecule has 0 aliphatic carbocycles. The Morgan fingerprint density at radius 2 is 1.95 bits per heavy atom. The van der Waals surface area contributed by atoms with Crippen molar-refractivity contribution in [3.63, 3.8) is 0 Å². The number of morpholine rings is 1. The molecule has 0 bridgehead atoms. The van der Waals surface area contributed by atoms with E-state index in [-0.39, 0.29) is 5.54 Å². The average Bonchev–Trinajstić information content (AvgIpc) is 2.72. The quantitative estimate of drug-likeness (QED) is 0.767. The van der Waals surface area contributed by atoms with Gasteiger partial charge >= 0.3 is 0 Å². The summed E-state index contributed by atoms with van der Waals surface area (Å²) in [6.45, 7) is 13.8.